The van der Waals surface area contributed by atoms with Gasteiger partial charge in [-0.25, -0.2) is 0 Å². The number of nitrogens with one attached hydrogen (secondary N) is 1. The summed E-state index contributed by atoms with van der Waals surface area (Å²) < 4.78 is 0. The number of amides is 1. The van der Waals surface area contributed by atoms with Crippen molar-refractivity contribution in [1.29, 1.82) is 0 Å². The fraction of sp³-hybridized carbons (Fsp3) is 0.800. The summed E-state index contributed by atoms with van der Waals surface area (Å²) in [5.74, 6) is 0.0328. The van der Waals surface area contributed by atoms with Crippen LogP contribution in [-0.4, -0.2) is 11.4 Å². The number of carbonyl (C=O) groups excluding carboxylic acids is 1. The van der Waals surface area contributed by atoms with E-state index in [4.69, 9.17) is 0 Å². The number of hydrogen-bond acceptors (Lipinski definition) is 1. The minimum absolute atomic E-state index is 0.0328. The molecule has 2 heteroatoms. The van der Waals surface area contributed by atoms with Crippen molar-refractivity contribution in [2.24, 2.45) is 0 Å². The van der Waals surface area contributed by atoms with Crippen LogP contribution in [0.25, 0.3) is 0 Å². The highest BCUT2D eigenvalue weighted by Crippen LogP contribution is 2.07. The molecule has 1 N–H and O–H groups in total. The zero-order valence-corrected chi connectivity index (χ0v) is 12.0. The van der Waals surface area contributed by atoms with Gasteiger partial charge in [0.2, 0.25) is 5.91 Å². The van der Waals surface area contributed by atoms with Crippen molar-refractivity contribution in [1.82, 2.24) is 5.32 Å². The van der Waals surface area contributed by atoms with Gasteiger partial charge < -0.3 is 5.32 Å². The summed E-state index contributed by atoms with van der Waals surface area (Å²) >= 11 is 0. The van der Waals surface area contributed by atoms with Crippen molar-refractivity contribution in [3.05, 3.63) is 12.2 Å². The molecule has 2 nitrogen and oxygen atoms in total. The van der Waals surface area contributed by atoms with Crippen LogP contribution < -0.4 is 5.32 Å². The molecule has 0 saturated heterocycles. The summed E-state index contributed by atoms with van der Waals surface area (Å²) in [5.41, 5.74) is -0.0947. The van der Waals surface area contributed by atoms with Crippen molar-refractivity contribution < 1.29 is 4.79 Å². The molecule has 1 amide bonds. The Morgan fingerprint density at radius 1 is 1.12 bits per heavy atom. The second kappa shape index (κ2) is 9.26. The molecular formula is C15H29NO. The zero-order valence-electron chi connectivity index (χ0n) is 12.0. The summed E-state index contributed by atoms with van der Waals surface area (Å²) in [7, 11) is 0. The minimum Gasteiger partial charge on any atom is -0.348 e. The maximum atomic E-state index is 11.6. The topological polar surface area (TPSA) is 29.1 Å². The third kappa shape index (κ3) is 10.1. The molecule has 0 bridgehead atoms. The van der Waals surface area contributed by atoms with Crippen LogP contribution >= 0.6 is 0 Å². The maximum Gasteiger partial charge on any atom is 0.244 e. The van der Waals surface area contributed by atoms with Crippen LogP contribution in [0.3, 0.4) is 0 Å². The second-order valence-corrected chi connectivity index (χ2v) is 5.33. The number of unbranched alkanes of at least 4 members (excludes halogenated alkanes) is 5. The van der Waals surface area contributed by atoms with Gasteiger partial charge in [-0.3, -0.25) is 4.79 Å². The summed E-state index contributed by atoms with van der Waals surface area (Å²) in [6, 6.07) is 0. The Balaban J connectivity index is 3.61. The number of carbonyl (C=O) groups is 1. The third-order valence-corrected chi connectivity index (χ3v) is 3.09. The van der Waals surface area contributed by atoms with Gasteiger partial charge in [-0.1, -0.05) is 45.6 Å². The lowest BCUT2D eigenvalue weighted by Crippen LogP contribution is -2.41. The molecular weight excluding hydrogens is 210 g/mol. The minimum atomic E-state index is -0.0947. The first-order chi connectivity index (χ1) is 8.02. The first-order valence-corrected chi connectivity index (χ1v) is 7.00. The van der Waals surface area contributed by atoms with Crippen molar-refractivity contribution in [3.63, 3.8) is 0 Å². The largest absolute Gasteiger partial charge is 0.348 e. The lowest BCUT2D eigenvalue weighted by Gasteiger charge is -2.23. The summed E-state index contributed by atoms with van der Waals surface area (Å²) in [4.78, 5) is 11.6. The molecule has 0 unspecified atom stereocenters. The number of allylic oxidation sites excluding steroid dienone is 1. The van der Waals surface area contributed by atoms with Gasteiger partial charge in [0.25, 0.3) is 0 Å². The van der Waals surface area contributed by atoms with Crippen LogP contribution in [0.2, 0.25) is 0 Å². The highest BCUT2D eigenvalue weighted by atomic mass is 16.1. The van der Waals surface area contributed by atoms with Gasteiger partial charge in [0.05, 0.1) is 0 Å². The predicted octanol–water partition coefficient (Wildman–Crippen LogP) is 4.21. The van der Waals surface area contributed by atoms with E-state index in [-0.39, 0.29) is 11.4 Å². The smallest absolute Gasteiger partial charge is 0.244 e. The van der Waals surface area contributed by atoms with Crippen molar-refractivity contribution in [2.75, 3.05) is 0 Å². The summed E-state index contributed by atoms with van der Waals surface area (Å²) in [6.45, 7) is 8.39. The molecule has 0 aromatic carbocycles. The molecule has 0 aliphatic carbocycles. The van der Waals surface area contributed by atoms with E-state index in [1.807, 2.05) is 19.9 Å². The van der Waals surface area contributed by atoms with Gasteiger partial charge >= 0.3 is 0 Å². The monoisotopic (exact) mass is 239 g/mol. The Morgan fingerprint density at radius 3 is 2.35 bits per heavy atom. The first-order valence-electron chi connectivity index (χ1n) is 7.00. The Morgan fingerprint density at radius 2 is 1.76 bits per heavy atom. The highest BCUT2D eigenvalue weighted by molar-refractivity contribution is 5.87. The van der Waals surface area contributed by atoms with E-state index in [1.165, 1.54) is 32.1 Å². The average molecular weight is 239 g/mol. The van der Waals surface area contributed by atoms with E-state index in [2.05, 4.69) is 19.2 Å². The molecule has 17 heavy (non-hydrogen) atoms. The lowest BCUT2D eigenvalue weighted by atomic mass is 10.0. The van der Waals surface area contributed by atoms with Crippen LogP contribution in [0.15, 0.2) is 12.2 Å². The molecule has 100 valence electrons. The molecule has 0 fully saturated rings. The lowest BCUT2D eigenvalue weighted by molar-refractivity contribution is -0.118. The number of rotatable bonds is 9. The molecule has 0 heterocycles. The van der Waals surface area contributed by atoms with E-state index >= 15 is 0 Å². The molecule has 0 aromatic heterocycles. The number of hydrogen-bond donors (Lipinski definition) is 1. The first kappa shape index (κ1) is 16.2. The van der Waals surface area contributed by atoms with Crippen molar-refractivity contribution >= 4 is 5.91 Å². The van der Waals surface area contributed by atoms with Crippen LogP contribution in [-0.2, 0) is 4.79 Å². The van der Waals surface area contributed by atoms with Crippen molar-refractivity contribution in [2.45, 2.75) is 78.2 Å². The van der Waals surface area contributed by atoms with E-state index in [9.17, 15) is 4.79 Å². The molecule has 0 radical (unpaired) electrons. The van der Waals surface area contributed by atoms with Gasteiger partial charge in [-0.2, -0.15) is 0 Å². The summed E-state index contributed by atoms with van der Waals surface area (Å²) in [5, 5.41) is 2.99. The van der Waals surface area contributed by atoms with Crippen LogP contribution in [0, 0.1) is 0 Å². The third-order valence-electron chi connectivity index (χ3n) is 3.09. The van der Waals surface area contributed by atoms with Gasteiger partial charge in [-0.15, -0.1) is 0 Å². The van der Waals surface area contributed by atoms with Gasteiger partial charge in [0, 0.05) is 5.54 Å². The molecule has 0 saturated carbocycles. The Labute approximate surface area is 107 Å². The van der Waals surface area contributed by atoms with E-state index in [0.717, 1.165) is 12.8 Å². The molecule has 0 spiro atoms. The fourth-order valence-corrected chi connectivity index (χ4v) is 1.52. The predicted molar refractivity (Wildman–Crippen MR) is 75.0 cm³/mol. The Hall–Kier alpha value is -0.790. The normalized spacial score (nSPS) is 12.0. The standard InChI is InChI=1S/C15H29NO/c1-5-7-8-9-10-11-12-13-14(17)16-15(3,4)6-2/h12-13H,5-11H2,1-4H3,(H,16,17)/b13-12+. The van der Waals surface area contributed by atoms with Gasteiger partial charge in [-0.05, 0) is 39.2 Å². The SMILES string of the molecule is CCCCCCC/C=C/C(=O)NC(C)(C)CC. The molecule has 0 aliphatic rings. The molecule has 0 atom stereocenters. The van der Waals surface area contributed by atoms with Crippen LogP contribution in [0.5, 0.6) is 0 Å². The molecule has 0 aliphatic heterocycles. The van der Waals surface area contributed by atoms with E-state index < -0.39 is 0 Å². The van der Waals surface area contributed by atoms with Crippen molar-refractivity contribution in [3.8, 4) is 0 Å². The molecule has 0 rings (SSSR count). The van der Waals surface area contributed by atoms with Gasteiger partial charge in [0.1, 0.15) is 0 Å². The summed E-state index contributed by atoms with van der Waals surface area (Å²) in [6.07, 6.45) is 12.0. The van der Waals surface area contributed by atoms with Crippen LogP contribution in [0.1, 0.15) is 72.6 Å². The average Bonchev–Trinajstić information content (AvgIpc) is 2.27. The maximum absolute atomic E-state index is 11.6. The van der Waals surface area contributed by atoms with Gasteiger partial charge in [0.15, 0.2) is 0 Å². The quantitative estimate of drug-likeness (QED) is 0.474. The van der Waals surface area contributed by atoms with E-state index in [0.29, 0.717) is 0 Å². The molecule has 0 aromatic rings. The second-order valence-electron chi connectivity index (χ2n) is 5.33. The fourth-order valence-electron chi connectivity index (χ4n) is 1.52. The van der Waals surface area contributed by atoms with E-state index in [1.54, 1.807) is 6.08 Å². The highest BCUT2D eigenvalue weighted by Gasteiger charge is 2.15. The van der Waals surface area contributed by atoms with Crippen LogP contribution in [0.4, 0.5) is 0 Å². The Kier molecular flexibility index (Phi) is 8.83. The zero-order chi connectivity index (χ0) is 13.1. The Bertz CT molecular complexity index is 231.